The van der Waals surface area contributed by atoms with Gasteiger partial charge in [0.25, 0.3) is 0 Å². The van der Waals surface area contributed by atoms with Crippen LogP contribution in [0.15, 0.2) is 0 Å². The molecule has 3 aliphatic rings. The highest BCUT2D eigenvalue weighted by molar-refractivity contribution is 5.72. The molecule has 4 heteroatoms. The van der Waals surface area contributed by atoms with Gasteiger partial charge in [0.05, 0.1) is 12.5 Å². The van der Waals surface area contributed by atoms with Gasteiger partial charge < -0.3 is 14.2 Å². The van der Waals surface area contributed by atoms with Crippen molar-refractivity contribution in [1.82, 2.24) is 0 Å². The van der Waals surface area contributed by atoms with E-state index in [0.717, 1.165) is 32.3 Å². The number of hydrogen-bond acceptors (Lipinski definition) is 4. The fourth-order valence-electron chi connectivity index (χ4n) is 4.70. The average Bonchev–Trinajstić information content (AvgIpc) is 2.90. The van der Waals surface area contributed by atoms with E-state index in [2.05, 4.69) is 20.8 Å². The van der Waals surface area contributed by atoms with Gasteiger partial charge in [-0.1, -0.05) is 20.8 Å². The Morgan fingerprint density at radius 2 is 2.00 bits per heavy atom. The predicted octanol–water partition coefficient (Wildman–Crippen LogP) is 3.68. The summed E-state index contributed by atoms with van der Waals surface area (Å²) in [6.07, 6.45) is 5.40. The molecule has 0 radical (unpaired) electrons. The first-order valence-electron chi connectivity index (χ1n) is 8.88. The molecule has 5 atom stereocenters. The molecule has 126 valence electrons. The Labute approximate surface area is 133 Å². The molecule has 1 aliphatic carbocycles. The van der Waals surface area contributed by atoms with Crippen molar-refractivity contribution in [1.29, 1.82) is 0 Å². The van der Waals surface area contributed by atoms with Gasteiger partial charge in [0.1, 0.15) is 5.60 Å². The molecule has 2 aliphatic heterocycles. The molecule has 3 rings (SSSR count). The summed E-state index contributed by atoms with van der Waals surface area (Å²) in [7, 11) is 0. The van der Waals surface area contributed by atoms with Crippen LogP contribution in [0.2, 0.25) is 0 Å². The number of carbonyl (C=O) groups is 1. The number of hydrogen-bond donors (Lipinski definition) is 0. The second kappa shape index (κ2) is 5.79. The van der Waals surface area contributed by atoms with E-state index < -0.39 is 11.4 Å². The Balaban J connectivity index is 1.91. The van der Waals surface area contributed by atoms with Crippen LogP contribution in [0.1, 0.15) is 66.2 Å². The van der Waals surface area contributed by atoms with Gasteiger partial charge in [0.2, 0.25) is 5.79 Å². The third-order valence-electron chi connectivity index (χ3n) is 5.77. The number of rotatable bonds is 2. The lowest BCUT2D eigenvalue weighted by Gasteiger charge is -2.54. The van der Waals surface area contributed by atoms with Gasteiger partial charge in [-0.05, 0) is 44.4 Å². The molecule has 3 fully saturated rings. The Morgan fingerprint density at radius 3 is 2.64 bits per heavy atom. The minimum absolute atomic E-state index is 0.0160. The van der Waals surface area contributed by atoms with Gasteiger partial charge >= 0.3 is 5.97 Å². The van der Waals surface area contributed by atoms with E-state index >= 15 is 0 Å². The molecule has 2 saturated heterocycles. The Morgan fingerprint density at radius 1 is 1.23 bits per heavy atom. The highest BCUT2D eigenvalue weighted by atomic mass is 16.7. The fraction of sp³-hybridized carbons (Fsp3) is 0.944. The van der Waals surface area contributed by atoms with E-state index in [1.54, 1.807) is 0 Å². The highest BCUT2D eigenvalue weighted by Gasteiger charge is 2.58. The SMILES string of the molecule is CC(C)[C@@H]1CC[C@@H](C)C[C@@]12OC(=O)C[C@@](C)([C@H]1CCCO1)O2. The van der Waals surface area contributed by atoms with Crippen molar-refractivity contribution < 1.29 is 19.0 Å². The van der Waals surface area contributed by atoms with Gasteiger partial charge in [0, 0.05) is 18.9 Å². The van der Waals surface area contributed by atoms with Crippen LogP contribution < -0.4 is 0 Å². The second-order valence-electron chi connectivity index (χ2n) is 8.12. The van der Waals surface area contributed by atoms with Crippen molar-refractivity contribution in [3.63, 3.8) is 0 Å². The molecule has 2 heterocycles. The maximum atomic E-state index is 12.4. The Hall–Kier alpha value is -0.610. The van der Waals surface area contributed by atoms with E-state index in [0.29, 0.717) is 18.3 Å². The fourth-order valence-corrected chi connectivity index (χ4v) is 4.70. The van der Waals surface area contributed by atoms with Crippen molar-refractivity contribution in [2.45, 2.75) is 83.7 Å². The van der Waals surface area contributed by atoms with E-state index in [4.69, 9.17) is 14.2 Å². The van der Waals surface area contributed by atoms with Crippen LogP contribution in [0.5, 0.6) is 0 Å². The van der Waals surface area contributed by atoms with Gasteiger partial charge in [-0.3, -0.25) is 4.79 Å². The van der Waals surface area contributed by atoms with Crippen LogP contribution in [-0.2, 0) is 19.0 Å². The van der Waals surface area contributed by atoms with Crippen LogP contribution in [0.25, 0.3) is 0 Å². The summed E-state index contributed by atoms with van der Waals surface area (Å²) in [6.45, 7) is 9.46. The van der Waals surface area contributed by atoms with E-state index in [1.165, 1.54) is 6.42 Å². The Kier molecular flexibility index (Phi) is 4.28. The zero-order valence-electron chi connectivity index (χ0n) is 14.4. The summed E-state index contributed by atoms with van der Waals surface area (Å²) < 4.78 is 18.4. The summed E-state index contributed by atoms with van der Waals surface area (Å²) >= 11 is 0. The summed E-state index contributed by atoms with van der Waals surface area (Å²) in [6, 6.07) is 0. The molecule has 0 aromatic heterocycles. The highest BCUT2D eigenvalue weighted by Crippen LogP contribution is 2.50. The third kappa shape index (κ3) is 2.80. The topological polar surface area (TPSA) is 44.8 Å². The summed E-state index contributed by atoms with van der Waals surface area (Å²) in [5, 5.41) is 0. The lowest BCUT2D eigenvalue weighted by atomic mass is 9.71. The van der Waals surface area contributed by atoms with Gasteiger partial charge in [-0.25, -0.2) is 0 Å². The molecule has 0 N–H and O–H groups in total. The molecule has 22 heavy (non-hydrogen) atoms. The largest absolute Gasteiger partial charge is 0.433 e. The van der Waals surface area contributed by atoms with Crippen LogP contribution in [0.4, 0.5) is 0 Å². The van der Waals surface area contributed by atoms with Crippen molar-refractivity contribution in [3.05, 3.63) is 0 Å². The lowest BCUT2D eigenvalue weighted by molar-refractivity contribution is -0.352. The summed E-state index contributed by atoms with van der Waals surface area (Å²) in [5.41, 5.74) is -0.546. The third-order valence-corrected chi connectivity index (χ3v) is 5.77. The second-order valence-corrected chi connectivity index (χ2v) is 8.12. The number of carbonyl (C=O) groups excluding carboxylic acids is 1. The zero-order chi connectivity index (χ0) is 16.0. The lowest BCUT2D eigenvalue weighted by Crippen LogP contribution is -2.62. The van der Waals surface area contributed by atoms with E-state index in [1.807, 2.05) is 6.92 Å². The molecule has 1 spiro atoms. The van der Waals surface area contributed by atoms with Crippen LogP contribution in [0, 0.1) is 17.8 Å². The Bertz CT molecular complexity index is 429. The smallest absolute Gasteiger partial charge is 0.311 e. The molecule has 0 aromatic carbocycles. The van der Waals surface area contributed by atoms with Crippen LogP contribution >= 0.6 is 0 Å². The van der Waals surface area contributed by atoms with Crippen LogP contribution in [-0.4, -0.2) is 30.1 Å². The monoisotopic (exact) mass is 310 g/mol. The van der Waals surface area contributed by atoms with Gasteiger partial charge in [0.15, 0.2) is 0 Å². The molecule has 4 nitrogen and oxygen atoms in total. The zero-order valence-corrected chi connectivity index (χ0v) is 14.4. The average molecular weight is 310 g/mol. The van der Waals surface area contributed by atoms with Gasteiger partial charge in [-0.2, -0.15) is 0 Å². The van der Waals surface area contributed by atoms with Crippen molar-refractivity contribution >= 4 is 5.97 Å². The predicted molar refractivity (Wildman–Crippen MR) is 83.2 cm³/mol. The molecule has 1 saturated carbocycles. The molecular weight excluding hydrogens is 280 g/mol. The molecule has 0 amide bonds. The van der Waals surface area contributed by atoms with Crippen molar-refractivity contribution in [3.8, 4) is 0 Å². The first-order chi connectivity index (χ1) is 10.3. The first-order valence-corrected chi connectivity index (χ1v) is 8.88. The normalized spacial score (nSPS) is 46.2. The summed E-state index contributed by atoms with van der Waals surface area (Å²) in [5.74, 6) is 0.362. The molecule has 0 unspecified atom stereocenters. The maximum Gasteiger partial charge on any atom is 0.311 e. The number of ether oxygens (including phenoxy) is 3. The standard InChI is InChI=1S/C18H30O4/c1-12(2)14-8-7-13(3)10-18(14)21-16(19)11-17(4,22-18)15-6-5-9-20-15/h12-15H,5-11H2,1-4H3/t13-,14+,15-,17+,18+/m1/s1. The maximum absolute atomic E-state index is 12.4. The number of esters is 1. The van der Waals surface area contributed by atoms with Crippen molar-refractivity contribution in [2.75, 3.05) is 6.61 Å². The molecule has 0 aromatic rings. The molecule has 0 bridgehead atoms. The van der Waals surface area contributed by atoms with Crippen LogP contribution in [0.3, 0.4) is 0 Å². The quantitative estimate of drug-likeness (QED) is 0.730. The summed E-state index contributed by atoms with van der Waals surface area (Å²) in [4.78, 5) is 12.4. The van der Waals surface area contributed by atoms with E-state index in [9.17, 15) is 4.79 Å². The first kappa shape index (κ1) is 16.3. The van der Waals surface area contributed by atoms with Gasteiger partial charge in [-0.15, -0.1) is 0 Å². The minimum Gasteiger partial charge on any atom is -0.433 e. The van der Waals surface area contributed by atoms with Crippen molar-refractivity contribution in [2.24, 2.45) is 17.8 Å². The molecular formula is C18H30O4. The van der Waals surface area contributed by atoms with E-state index in [-0.39, 0.29) is 18.0 Å². The minimum atomic E-state index is -0.748.